The van der Waals surface area contributed by atoms with E-state index in [1.807, 2.05) is 31.2 Å². The molecule has 3 rings (SSSR count). The van der Waals surface area contributed by atoms with Crippen molar-refractivity contribution in [3.8, 4) is 17.0 Å². The molecule has 7 heteroatoms. The SMILES string of the molecule is CCOc1ccccc1-c1cc(C(=O)NC2=NCCS2)[nH]n1. The van der Waals surface area contributed by atoms with E-state index >= 15 is 0 Å². The third-order valence-electron chi connectivity index (χ3n) is 3.09. The molecule has 0 bridgehead atoms. The van der Waals surface area contributed by atoms with Gasteiger partial charge in [-0.2, -0.15) is 5.10 Å². The molecule has 1 aliphatic rings. The molecule has 0 atom stereocenters. The highest BCUT2D eigenvalue weighted by Gasteiger charge is 2.16. The van der Waals surface area contributed by atoms with Crippen LogP contribution in [0.2, 0.25) is 0 Å². The van der Waals surface area contributed by atoms with Crippen molar-refractivity contribution < 1.29 is 9.53 Å². The largest absolute Gasteiger partial charge is 0.493 e. The van der Waals surface area contributed by atoms with E-state index in [9.17, 15) is 4.79 Å². The van der Waals surface area contributed by atoms with Gasteiger partial charge in [-0.15, -0.1) is 0 Å². The summed E-state index contributed by atoms with van der Waals surface area (Å²) in [5, 5.41) is 10.4. The van der Waals surface area contributed by atoms with Gasteiger partial charge in [0.1, 0.15) is 11.4 Å². The third-order valence-corrected chi connectivity index (χ3v) is 3.98. The molecule has 0 spiro atoms. The normalized spacial score (nSPS) is 13.8. The van der Waals surface area contributed by atoms with Crippen molar-refractivity contribution in [1.29, 1.82) is 0 Å². The summed E-state index contributed by atoms with van der Waals surface area (Å²) >= 11 is 1.54. The van der Waals surface area contributed by atoms with Crippen molar-refractivity contribution in [1.82, 2.24) is 15.5 Å². The molecular formula is C15H16N4O2S. The fraction of sp³-hybridized carbons (Fsp3) is 0.267. The van der Waals surface area contributed by atoms with Gasteiger partial charge in [0.25, 0.3) is 5.91 Å². The number of amidine groups is 1. The zero-order chi connectivity index (χ0) is 15.4. The number of hydrogen-bond acceptors (Lipinski definition) is 5. The molecule has 0 fully saturated rings. The number of aromatic nitrogens is 2. The van der Waals surface area contributed by atoms with Gasteiger partial charge in [0.2, 0.25) is 0 Å². The van der Waals surface area contributed by atoms with E-state index in [4.69, 9.17) is 4.74 Å². The zero-order valence-electron chi connectivity index (χ0n) is 12.1. The van der Waals surface area contributed by atoms with Crippen molar-refractivity contribution in [3.05, 3.63) is 36.0 Å². The first-order valence-corrected chi connectivity index (χ1v) is 8.02. The monoisotopic (exact) mass is 316 g/mol. The van der Waals surface area contributed by atoms with Gasteiger partial charge in [-0.3, -0.25) is 20.2 Å². The number of H-pyrrole nitrogens is 1. The van der Waals surface area contributed by atoms with Crippen LogP contribution in [0, 0.1) is 0 Å². The summed E-state index contributed by atoms with van der Waals surface area (Å²) < 4.78 is 5.59. The Hall–Kier alpha value is -2.28. The van der Waals surface area contributed by atoms with E-state index in [0.29, 0.717) is 23.2 Å². The second-order valence-electron chi connectivity index (χ2n) is 4.59. The van der Waals surface area contributed by atoms with Crippen molar-refractivity contribution >= 4 is 22.8 Å². The summed E-state index contributed by atoms with van der Waals surface area (Å²) in [6.07, 6.45) is 0. The lowest BCUT2D eigenvalue weighted by atomic mass is 10.1. The number of rotatable bonds is 4. The van der Waals surface area contributed by atoms with Crippen LogP contribution in [0.4, 0.5) is 0 Å². The summed E-state index contributed by atoms with van der Waals surface area (Å²) in [6.45, 7) is 3.25. The fourth-order valence-electron chi connectivity index (χ4n) is 2.11. The number of aliphatic imine (C=N–C) groups is 1. The highest BCUT2D eigenvalue weighted by atomic mass is 32.2. The van der Waals surface area contributed by atoms with E-state index in [0.717, 1.165) is 23.6 Å². The Kier molecular flexibility index (Phi) is 4.43. The summed E-state index contributed by atoms with van der Waals surface area (Å²) in [4.78, 5) is 16.3. The lowest BCUT2D eigenvalue weighted by molar-refractivity contribution is 0.0973. The molecule has 1 aliphatic heterocycles. The van der Waals surface area contributed by atoms with Gasteiger partial charge in [0.05, 0.1) is 18.8 Å². The molecule has 0 saturated heterocycles. The molecule has 0 radical (unpaired) electrons. The summed E-state index contributed by atoms with van der Waals surface area (Å²) in [5.41, 5.74) is 1.93. The van der Waals surface area contributed by atoms with Crippen LogP contribution in [-0.4, -0.2) is 40.2 Å². The minimum atomic E-state index is -0.235. The van der Waals surface area contributed by atoms with E-state index < -0.39 is 0 Å². The van der Waals surface area contributed by atoms with Gasteiger partial charge in [-0.25, -0.2) is 0 Å². The van der Waals surface area contributed by atoms with Crippen molar-refractivity contribution in [2.45, 2.75) is 6.92 Å². The summed E-state index contributed by atoms with van der Waals surface area (Å²) in [7, 11) is 0. The number of carbonyl (C=O) groups excluding carboxylic acids is 1. The molecule has 1 amide bonds. The summed E-state index contributed by atoms with van der Waals surface area (Å²) in [6, 6.07) is 9.34. The van der Waals surface area contributed by atoms with Gasteiger partial charge in [-0.05, 0) is 25.1 Å². The van der Waals surface area contributed by atoms with Crippen LogP contribution in [0.3, 0.4) is 0 Å². The van der Waals surface area contributed by atoms with Gasteiger partial charge < -0.3 is 4.74 Å². The number of thioether (sulfide) groups is 1. The van der Waals surface area contributed by atoms with Crippen LogP contribution in [0.25, 0.3) is 11.3 Å². The van der Waals surface area contributed by atoms with Crippen LogP contribution in [0.15, 0.2) is 35.3 Å². The van der Waals surface area contributed by atoms with E-state index in [2.05, 4.69) is 20.5 Å². The van der Waals surface area contributed by atoms with Gasteiger partial charge in [0, 0.05) is 11.3 Å². The molecular weight excluding hydrogens is 300 g/mol. The standard InChI is InChI=1S/C15H16N4O2S/c1-2-21-13-6-4-3-5-10(13)11-9-12(19-18-11)14(20)17-15-16-7-8-22-15/h3-6,9H,2,7-8H2,1H3,(H,18,19)(H,16,17,20). The molecule has 0 unspecified atom stereocenters. The molecule has 2 aromatic rings. The lowest BCUT2D eigenvalue weighted by Crippen LogP contribution is -2.27. The number of benzene rings is 1. The fourth-order valence-corrected chi connectivity index (χ4v) is 2.83. The predicted molar refractivity (Wildman–Crippen MR) is 87.4 cm³/mol. The van der Waals surface area contributed by atoms with Gasteiger partial charge in [0.15, 0.2) is 5.17 Å². The van der Waals surface area contributed by atoms with Crippen LogP contribution >= 0.6 is 11.8 Å². The number of nitrogens with one attached hydrogen (secondary N) is 2. The molecule has 1 aromatic heterocycles. The first-order chi connectivity index (χ1) is 10.8. The number of nitrogens with zero attached hydrogens (tertiary/aromatic N) is 2. The molecule has 6 nitrogen and oxygen atoms in total. The average Bonchev–Trinajstić information content (AvgIpc) is 3.19. The molecule has 22 heavy (non-hydrogen) atoms. The number of ether oxygens (including phenoxy) is 1. The lowest BCUT2D eigenvalue weighted by Gasteiger charge is -2.07. The minimum absolute atomic E-state index is 0.235. The highest BCUT2D eigenvalue weighted by molar-refractivity contribution is 8.14. The number of aromatic amines is 1. The number of carbonyl (C=O) groups is 1. The van der Waals surface area contributed by atoms with Crippen molar-refractivity contribution in [2.24, 2.45) is 4.99 Å². The maximum atomic E-state index is 12.1. The Balaban J connectivity index is 1.80. The van der Waals surface area contributed by atoms with Crippen LogP contribution in [-0.2, 0) is 0 Å². The predicted octanol–water partition coefficient (Wildman–Crippen LogP) is 2.31. The maximum absolute atomic E-state index is 12.1. The Bertz CT molecular complexity index is 711. The molecule has 0 aliphatic carbocycles. The molecule has 2 heterocycles. The quantitative estimate of drug-likeness (QED) is 0.907. The maximum Gasteiger partial charge on any atom is 0.275 e. The highest BCUT2D eigenvalue weighted by Crippen LogP contribution is 2.28. The first-order valence-electron chi connectivity index (χ1n) is 7.04. The second-order valence-corrected chi connectivity index (χ2v) is 5.67. The van der Waals surface area contributed by atoms with E-state index in [1.54, 1.807) is 17.8 Å². The third kappa shape index (κ3) is 3.14. The summed E-state index contributed by atoms with van der Waals surface area (Å²) in [5.74, 6) is 1.42. The number of amides is 1. The Morgan fingerprint density at radius 3 is 3.09 bits per heavy atom. The number of para-hydroxylation sites is 1. The van der Waals surface area contributed by atoms with Crippen LogP contribution in [0.1, 0.15) is 17.4 Å². The van der Waals surface area contributed by atoms with E-state index in [-0.39, 0.29) is 5.91 Å². The smallest absolute Gasteiger partial charge is 0.275 e. The first kappa shape index (κ1) is 14.6. The second kappa shape index (κ2) is 6.65. The zero-order valence-corrected chi connectivity index (χ0v) is 12.9. The Labute approximate surface area is 132 Å². The number of hydrogen-bond donors (Lipinski definition) is 2. The van der Waals surface area contributed by atoms with Crippen molar-refractivity contribution in [3.63, 3.8) is 0 Å². The molecule has 2 N–H and O–H groups in total. The molecule has 0 saturated carbocycles. The van der Waals surface area contributed by atoms with Crippen LogP contribution < -0.4 is 10.1 Å². The van der Waals surface area contributed by atoms with Crippen LogP contribution in [0.5, 0.6) is 5.75 Å². The Morgan fingerprint density at radius 1 is 1.45 bits per heavy atom. The molecule has 114 valence electrons. The van der Waals surface area contributed by atoms with Gasteiger partial charge >= 0.3 is 0 Å². The van der Waals surface area contributed by atoms with Gasteiger partial charge in [-0.1, -0.05) is 23.9 Å². The topological polar surface area (TPSA) is 79.4 Å². The Morgan fingerprint density at radius 2 is 2.32 bits per heavy atom. The average molecular weight is 316 g/mol. The minimum Gasteiger partial charge on any atom is -0.493 e. The van der Waals surface area contributed by atoms with E-state index in [1.165, 1.54) is 0 Å². The van der Waals surface area contributed by atoms with Crippen molar-refractivity contribution in [2.75, 3.05) is 18.9 Å². The molecule has 1 aromatic carbocycles.